The zero-order valence-electron chi connectivity index (χ0n) is 18.4. The number of carbonyl (C=O) groups excluding carboxylic acids is 2. The van der Waals surface area contributed by atoms with Crippen LogP contribution in [0.4, 0.5) is 5.69 Å². The highest BCUT2D eigenvalue weighted by molar-refractivity contribution is 6.36. The lowest BCUT2D eigenvalue weighted by Gasteiger charge is -2.32. The van der Waals surface area contributed by atoms with Crippen molar-refractivity contribution in [2.45, 2.75) is 38.7 Å². The molecule has 1 saturated heterocycles. The maximum Gasteiger partial charge on any atom is 0.278 e. The lowest BCUT2D eigenvalue weighted by molar-refractivity contribution is -0.138. The van der Waals surface area contributed by atoms with E-state index in [4.69, 9.17) is 9.47 Å². The van der Waals surface area contributed by atoms with Gasteiger partial charge in [0.2, 0.25) is 0 Å². The topological polar surface area (TPSA) is 59.1 Å². The molecular formula is C26H28N2O4. The van der Waals surface area contributed by atoms with Gasteiger partial charge in [0, 0.05) is 18.8 Å². The average Bonchev–Trinajstić information content (AvgIpc) is 3.42. The number of hydrogen-bond donors (Lipinski definition) is 0. The third-order valence-corrected chi connectivity index (χ3v) is 6.39. The van der Waals surface area contributed by atoms with E-state index >= 15 is 0 Å². The molecule has 2 aromatic carbocycles. The van der Waals surface area contributed by atoms with Gasteiger partial charge in [-0.15, -0.1) is 0 Å². The van der Waals surface area contributed by atoms with Gasteiger partial charge in [0.25, 0.3) is 11.8 Å². The molecule has 166 valence electrons. The molecule has 0 bridgehead atoms. The predicted molar refractivity (Wildman–Crippen MR) is 122 cm³/mol. The highest BCUT2D eigenvalue weighted by Crippen LogP contribution is 2.38. The maximum absolute atomic E-state index is 13.7. The number of ether oxygens (including phenoxy) is 2. The quantitative estimate of drug-likeness (QED) is 0.650. The Morgan fingerprint density at radius 3 is 2.59 bits per heavy atom. The first kappa shape index (κ1) is 20.8. The van der Waals surface area contributed by atoms with Crippen LogP contribution in [0.15, 0.2) is 54.2 Å². The number of rotatable bonds is 6. The van der Waals surface area contributed by atoms with Crippen LogP contribution < -0.4 is 9.64 Å². The number of para-hydroxylation sites is 1. The number of hydrogen-bond acceptors (Lipinski definition) is 5. The second kappa shape index (κ2) is 8.79. The van der Waals surface area contributed by atoms with Crippen molar-refractivity contribution in [2.24, 2.45) is 0 Å². The molecule has 1 atom stereocenters. The van der Waals surface area contributed by atoms with Crippen molar-refractivity contribution in [1.82, 2.24) is 4.90 Å². The van der Waals surface area contributed by atoms with Gasteiger partial charge in [0.05, 0.1) is 24.8 Å². The fourth-order valence-corrected chi connectivity index (χ4v) is 4.88. The van der Waals surface area contributed by atoms with E-state index in [1.807, 2.05) is 54.3 Å². The first-order chi connectivity index (χ1) is 15.7. The van der Waals surface area contributed by atoms with Crippen LogP contribution in [0.5, 0.6) is 5.75 Å². The van der Waals surface area contributed by atoms with Crippen LogP contribution >= 0.6 is 0 Å². The molecule has 0 spiro atoms. The zero-order valence-corrected chi connectivity index (χ0v) is 18.4. The second-order valence-electron chi connectivity index (χ2n) is 8.42. The van der Waals surface area contributed by atoms with E-state index in [1.54, 1.807) is 0 Å². The van der Waals surface area contributed by atoms with E-state index in [9.17, 15) is 9.59 Å². The number of nitrogens with zero attached hydrogens (tertiary/aromatic N) is 2. The number of aryl methyl sites for hydroxylation is 1. The molecule has 1 fully saturated rings. The summed E-state index contributed by atoms with van der Waals surface area (Å²) in [6.07, 6.45) is 3.66. The Balaban J connectivity index is 1.58. The Bertz CT molecular complexity index is 1050. The van der Waals surface area contributed by atoms with Crippen molar-refractivity contribution >= 4 is 23.1 Å². The Morgan fingerprint density at radius 2 is 1.84 bits per heavy atom. The van der Waals surface area contributed by atoms with Gasteiger partial charge in [-0.1, -0.05) is 30.3 Å². The van der Waals surface area contributed by atoms with Crippen LogP contribution in [-0.2, 0) is 20.7 Å². The van der Waals surface area contributed by atoms with Crippen molar-refractivity contribution in [3.8, 4) is 5.75 Å². The Labute approximate surface area is 188 Å². The van der Waals surface area contributed by atoms with Gasteiger partial charge in [-0.3, -0.25) is 14.5 Å². The summed E-state index contributed by atoms with van der Waals surface area (Å²) < 4.78 is 11.3. The minimum absolute atomic E-state index is 0.0857. The molecule has 2 amide bonds. The number of imide groups is 1. The predicted octanol–water partition coefficient (Wildman–Crippen LogP) is 3.80. The van der Waals surface area contributed by atoms with Crippen LogP contribution in [0.25, 0.3) is 5.57 Å². The molecule has 0 aromatic heterocycles. The van der Waals surface area contributed by atoms with Gasteiger partial charge < -0.3 is 14.4 Å². The smallest absolute Gasteiger partial charge is 0.278 e. The average molecular weight is 433 g/mol. The molecule has 0 radical (unpaired) electrons. The molecule has 1 unspecified atom stereocenters. The largest absolute Gasteiger partial charge is 0.494 e. The fourth-order valence-electron chi connectivity index (χ4n) is 4.88. The molecule has 5 rings (SSSR count). The van der Waals surface area contributed by atoms with Crippen molar-refractivity contribution < 1.29 is 19.1 Å². The summed E-state index contributed by atoms with van der Waals surface area (Å²) in [4.78, 5) is 30.7. The summed E-state index contributed by atoms with van der Waals surface area (Å²) in [6, 6.07) is 15.6. The summed E-state index contributed by atoms with van der Waals surface area (Å²) in [5.41, 5.74) is 3.89. The third-order valence-electron chi connectivity index (χ3n) is 6.39. The summed E-state index contributed by atoms with van der Waals surface area (Å²) >= 11 is 0. The molecule has 0 saturated carbocycles. The monoisotopic (exact) mass is 432 g/mol. The number of benzene rings is 2. The van der Waals surface area contributed by atoms with Crippen LogP contribution in [-0.4, -0.2) is 49.1 Å². The number of fused-ring (bicyclic) bond motifs is 1. The van der Waals surface area contributed by atoms with Gasteiger partial charge in [0.1, 0.15) is 11.4 Å². The molecule has 6 heteroatoms. The number of anilines is 1. The lowest BCUT2D eigenvalue weighted by Crippen LogP contribution is -2.40. The van der Waals surface area contributed by atoms with Gasteiger partial charge in [0.15, 0.2) is 0 Å². The second-order valence-corrected chi connectivity index (χ2v) is 8.42. The minimum Gasteiger partial charge on any atom is -0.494 e. The van der Waals surface area contributed by atoms with Gasteiger partial charge in [-0.2, -0.15) is 0 Å². The van der Waals surface area contributed by atoms with Gasteiger partial charge in [-0.05, 0) is 61.9 Å². The Kier molecular flexibility index (Phi) is 5.70. The molecule has 32 heavy (non-hydrogen) atoms. The molecule has 2 aromatic rings. The van der Waals surface area contributed by atoms with Crippen LogP contribution in [0.3, 0.4) is 0 Å². The molecule has 3 aliphatic heterocycles. The lowest BCUT2D eigenvalue weighted by atomic mass is 9.98. The van der Waals surface area contributed by atoms with Gasteiger partial charge >= 0.3 is 0 Å². The van der Waals surface area contributed by atoms with E-state index < -0.39 is 0 Å². The zero-order chi connectivity index (χ0) is 22.1. The van der Waals surface area contributed by atoms with Crippen molar-refractivity contribution in [3.05, 3.63) is 65.4 Å². The molecule has 0 aliphatic carbocycles. The van der Waals surface area contributed by atoms with E-state index in [2.05, 4.69) is 6.07 Å². The summed E-state index contributed by atoms with van der Waals surface area (Å²) in [7, 11) is 0. The molecule has 6 nitrogen and oxygen atoms in total. The molecule has 3 aliphatic rings. The number of amides is 2. The normalized spacial score (nSPS) is 20.8. The molecule has 3 heterocycles. The first-order valence-corrected chi connectivity index (χ1v) is 11.5. The highest BCUT2D eigenvalue weighted by Gasteiger charge is 2.43. The fraction of sp³-hybridized carbons (Fsp3) is 0.385. The van der Waals surface area contributed by atoms with E-state index in [0.29, 0.717) is 37.6 Å². The van der Waals surface area contributed by atoms with Crippen molar-refractivity contribution in [1.29, 1.82) is 0 Å². The van der Waals surface area contributed by atoms with E-state index in [1.165, 1.54) is 10.5 Å². The summed E-state index contributed by atoms with van der Waals surface area (Å²) in [5, 5.41) is 0. The molecule has 0 N–H and O–H groups in total. The van der Waals surface area contributed by atoms with E-state index in [-0.39, 0.29) is 17.9 Å². The number of carbonyl (C=O) groups is 2. The SMILES string of the molecule is CCOc1ccc(C2=C(N3CCCc4ccccc43)C(=O)N(CC3CCCO3)C2=O)cc1. The summed E-state index contributed by atoms with van der Waals surface area (Å²) in [5.74, 6) is 0.272. The Morgan fingerprint density at radius 1 is 1.03 bits per heavy atom. The standard InChI is InChI=1S/C26H28N2O4/c1-2-31-20-13-11-19(12-14-20)23-24(27-15-5-8-18-7-3-4-10-22(18)27)26(30)28(25(23)29)17-21-9-6-16-32-21/h3-4,7,10-14,21H,2,5-6,8-9,15-17H2,1H3. The Hall–Kier alpha value is -3.12. The highest BCUT2D eigenvalue weighted by atomic mass is 16.5. The van der Waals surface area contributed by atoms with Crippen LogP contribution in [0.2, 0.25) is 0 Å². The van der Waals surface area contributed by atoms with Crippen molar-refractivity contribution in [3.63, 3.8) is 0 Å². The van der Waals surface area contributed by atoms with Gasteiger partial charge in [-0.25, -0.2) is 0 Å². The van der Waals surface area contributed by atoms with E-state index in [0.717, 1.165) is 42.7 Å². The summed E-state index contributed by atoms with van der Waals surface area (Å²) in [6.45, 7) is 4.21. The van der Waals surface area contributed by atoms with Crippen LogP contribution in [0.1, 0.15) is 37.3 Å². The van der Waals surface area contributed by atoms with Crippen LogP contribution in [0, 0.1) is 0 Å². The van der Waals surface area contributed by atoms with Crippen molar-refractivity contribution in [2.75, 3.05) is 31.2 Å². The third kappa shape index (κ3) is 3.69. The molecular weight excluding hydrogens is 404 g/mol. The minimum atomic E-state index is -0.243. The first-order valence-electron chi connectivity index (χ1n) is 11.5. The maximum atomic E-state index is 13.7.